The SMILES string of the molecule is Cc1cc(-c2ccc(C34CC5CC(CC(C5)C3)C4)cc2)cc2c1oc1ccc(-c3ccccc3)cc12. The van der Waals surface area contributed by atoms with Gasteiger partial charge in [0.05, 0.1) is 0 Å². The molecule has 178 valence electrons. The number of hydrogen-bond donors (Lipinski definition) is 0. The van der Waals surface area contributed by atoms with E-state index >= 15 is 0 Å². The fraction of sp³-hybridized carbons (Fsp3) is 0.314. The van der Waals surface area contributed by atoms with E-state index in [1.165, 1.54) is 77.1 Å². The van der Waals surface area contributed by atoms with Crippen molar-refractivity contribution in [3.63, 3.8) is 0 Å². The van der Waals surface area contributed by atoms with Crippen LogP contribution in [0.5, 0.6) is 0 Å². The van der Waals surface area contributed by atoms with Gasteiger partial charge >= 0.3 is 0 Å². The van der Waals surface area contributed by atoms with Gasteiger partial charge in [-0.05, 0) is 126 Å². The summed E-state index contributed by atoms with van der Waals surface area (Å²) in [7, 11) is 0. The molecule has 0 spiro atoms. The molecule has 4 saturated carbocycles. The van der Waals surface area contributed by atoms with Crippen LogP contribution in [0.25, 0.3) is 44.2 Å². The van der Waals surface area contributed by atoms with E-state index < -0.39 is 0 Å². The van der Waals surface area contributed by atoms with Crippen molar-refractivity contribution in [3.8, 4) is 22.3 Å². The molecule has 4 aliphatic rings. The van der Waals surface area contributed by atoms with Crippen LogP contribution in [0.15, 0.2) is 89.3 Å². The Morgan fingerprint density at radius 1 is 0.611 bits per heavy atom. The van der Waals surface area contributed by atoms with Crippen LogP contribution in [0.4, 0.5) is 0 Å². The first kappa shape index (κ1) is 20.8. The molecule has 0 N–H and O–H groups in total. The van der Waals surface area contributed by atoms with Crippen molar-refractivity contribution in [2.45, 2.75) is 50.9 Å². The van der Waals surface area contributed by atoms with Crippen molar-refractivity contribution in [2.24, 2.45) is 17.8 Å². The number of aryl methyl sites for hydroxylation is 1. The van der Waals surface area contributed by atoms with Gasteiger partial charge in [-0.1, -0.05) is 60.7 Å². The molecule has 0 saturated heterocycles. The maximum atomic E-state index is 6.32. The number of hydrogen-bond acceptors (Lipinski definition) is 1. The molecular formula is C35H32O. The summed E-state index contributed by atoms with van der Waals surface area (Å²) < 4.78 is 6.32. The lowest BCUT2D eigenvalue weighted by Crippen LogP contribution is -2.48. The van der Waals surface area contributed by atoms with Crippen LogP contribution in [0.3, 0.4) is 0 Å². The molecule has 36 heavy (non-hydrogen) atoms. The summed E-state index contributed by atoms with van der Waals surface area (Å²) in [5, 5.41) is 2.41. The summed E-state index contributed by atoms with van der Waals surface area (Å²) in [6.45, 7) is 2.18. The summed E-state index contributed by atoms with van der Waals surface area (Å²) in [6.07, 6.45) is 8.78. The first-order chi connectivity index (χ1) is 17.6. The highest BCUT2D eigenvalue weighted by Crippen LogP contribution is 2.60. The van der Waals surface area contributed by atoms with Gasteiger partial charge in [0.15, 0.2) is 0 Å². The maximum Gasteiger partial charge on any atom is 0.138 e. The fourth-order valence-corrected chi connectivity index (χ4v) is 8.51. The van der Waals surface area contributed by atoms with E-state index in [2.05, 4.69) is 91.9 Å². The molecule has 4 bridgehead atoms. The molecule has 1 heteroatoms. The van der Waals surface area contributed by atoms with E-state index in [-0.39, 0.29) is 0 Å². The Morgan fingerprint density at radius 3 is 1.92 bits per heavy atom. The Hall–Kier alpha value is -3.32. The average molecular weight is 469 g/mol. The van der Waals surface area contributed by atoms with Crippen LogP contribution in [0.1, 0.15) is 49.7 Å². The molecule has 0 radical (unpaired) electrons. The Kier molecular flexibility index (Phi) is 4.39. The third-order valence-corrected chi connectivity index (χ3v) is 9.73. The molecule has 0 unspecified atom stereocenters. The highest BCUT2D eigenvalue weighted by molar-refractivity contribution is 6.08. The van der Waals surface area contributed by atoms with Crippen molar-refractivity contribution >= 4 is 21.9 Å². The second-order valence-electron chi connectivity index (χ2n) is 12.1. The van der Waals surface area contributed by atoms with Crippen LogP contribution in [-0.2, 0) is 5.41 Å². The normalized spacial score (nSPS) is 26.8. The lowest BCUT2D eigenvalue weighted by molar-refractivity contribution is -0.00518. The van der Waals surface area contributed by atoms with Crippen molar-refractivity contribution in [1.82, 2.24) is 0 Å². The molecule has 4 fully saturated rings. The highest BCUT2D eigenvalue weighted by Gasteiger charge is 2.51. The lowest BCUT2D eigenvalue weighted by atomic mass is 9.48. The Morgan fingerprint density at radius 2 is 1.22 bits per heavy atom. The molecule has 9 rings (SSSR count). The zero-order chi connectivity index (χ0) is 23.9. The first-order valence-electron chi connectivity index (χ1n) is 13.8. The Bertz CT molecular complexity index is 1570. The van der Waals surface area contributed by atoms with E-state index in [1.54, 1.807) is 5.56 Å². The quantitative estimate of drug-likeness (QED) is 0.257. The van der Waals surface area contributed by atoms with Crippen LogP contribution < -0.4 is 0 Å². The molecule has 4 aliphatic carbocycles. The second-order valence-corrected chi connectivity index (χ2v) is 12.1. The maximum absolute atomic E-state index is 6.32. The standard InChI is InChI=1S/C35H32O/c1-22-13-29(18-32-31-17-28(26-5-3-2-4-6-26)9-12-33(31)36-34(22)32)27-7-10-30(11-8-27)35-19-23-14-24(20-35)16-25(15-23)21-35/h2-13,17-18,23-25H,14-16,19-21H2,1H3. The van der Waals surface area contributed by atoms with Crippen LogP contribution >= 0.6 is 0 Å². The predicted molar refractivity (Wildman–Crippen MR) is 149 cm³/mol. The van der Waals surface area contributed by atoms with Crippen molar-refractivity contribution in [2.75, 3.05) is 0 Å². The van der Waals surface area contributed by atoms with Crippen LogP contribution in [0.2, 0.25) is 0 Å². The fourth-order valence-electron chi connectivity index (χ4n) is 8.51. The number of benzene rings is 4. The molecular weight excluding hydrogens is 436 g/mol. The zero-order valence-electron chi connectivity index (χ0n) is 21.0. The molecule has 4 aromatic carbocycles. The molecule has 1 aromatic heterocycles. The number of furan rings is 1. The van der Waals surface area contributed by atoms with Gasteiger partial charge in [-0.3, -0.25) is 0 Å². The largest absolute Gasteiger partial charge is 0.456 e. The summed E-state index contributed by atoms with van der Waals surface area (Å²) in [6, 6.07) is 31.5. The third kappa shape index (κ3) is 3.15. The molecule has 0 aliphatic heterocycles. The van der Waals surface area contributed by atoms with E-state index in [0.29, 0.717) is 5.41 Å². The number of fused-ring (bicyclic) bond motifs is 3. The first-order valence-corrected chi connectivity index (χ1v) is 13.8. The minimum Gasteiger partial charge on any atom is -0.456 e. The van der Waals surface area contributed by atoms with Crippen molar-refractivity contribution < 1.29 is 4.42 Å². The van der Waals surface area contributed by atoms with Gasteiger partial charge in [-0.15, -0.1) is 0 Å². The monoisotopic (exact) mass is 468 g/mol. The topological polar surface area (TPSA) is 13.1 Å². The van der Waals surface area contributed by atoms with Gasteiger partial charge in [0.1, 0.15) is 11.2 Å². The van der Waals surface area contributed by atoms with E-state index in [9.17, 15) is 0 Å². The molecule has 1 nitrogen and oxygen atoms in total. The summed E-state index contributed by atoms with van der Waals surface area (Å²) in [5.41, 5.74) is 10.3. The highest BCUT2D eigenvalue weighted by atomic mass is 16.3. The summed E-state index contributed by atoms with van der Waals surface area (Å²) in [5.74, 6) is 2.95. The van der Waals surface area contributed by atoms with Crippen molar-refractivity contribution in [3.05, 3.63) is 96.1 Å². The van der Waals surface area contributed by atoms with Gasteiger partial charge in [-0.25, -0.2) is 0 Å². The molecule has 1 heterocycles. The Balaban J connectivity index is 1.19. The van der Waals surface area contributed by atoms with E-state index in [0.717, 1.165) is 28.9 Å². The van der Waals surface area contributed by atoms with Gasteiger partial charge in [-0.2, -0.15) is 0 Å². The van der Waals surface area contributed by atoms with Gasteiger partial charge in [0.2, 0.25) is 0 Å². The van der Waals surface area contributed by atoms with Crippen LogP contribution in [-0.4, -0.2) is 0 Å². The summed E-state index contributed by atoms with van der Waals surface area (Å²) in [4.78, 5) is 0. The Labute approximate surface area is 213 Å². The van der Waals surface area contributed by atoms with Gasteiger partial charge in [0, 0.05) is 10.8 Å². The molecule has 0 atom stereocenters. The van der Waals surface area contributed by atoms with Crippen molar-refractivity contribution in [1.29, 1.82) is 0 Å². The summed E-state index contributed by atoms with van der Waals surface area (Å²) >= 11 is 0. The number of rotatable bonds is 3. The van der Waals surface area contributed by atoms with Crippen LogP contribution in [0, 0.1) is 24.7 Å². The average Bonchev–Trinajstić information content (AvgIpc) is 3.27. The predicted octanol–water partition coefficient (Wildman–Crippen LogP) is 9.70. The van der Waals surface area contributed by atoms with E-state index in [4.69, 9.17) is 4.42 Å². The van der Waals surface area contributed by atoms with E-state index in [1.807, 2.05) is 0 Å². The van der Waals surface area contributed by atoms with Gasteiger partial charge < -0.3 is 4.42 Å². The van der Waals surface area contributed by atoms with Gasteiger partial charge in [0.25, 0.3) is 0 Å². The second kappa shape index (κ2) is 7.59. The molecule has 5 aromatic rings. The smallest absolute Gasteiger partial charge is 0.138 e. The third-order valence-electron chi connectivity index (χ3n) is 9.73. The minimum atomic E-state index is 0.460. The zero-order valence-corrected chi connectivity index (χ0v) is 21.0. The molecule has 0 amide bonds. The lowest BCUT2D eigenvalue weighted by Gasteiger charge is -2.57. The minimum absolute atomic E-state index is 0.460.